The third-order valence-electron chi connectivity index (χ3n) is 4.62. The molecule has 0 saturated carbocycles. The Hall–Kier alpha value is -2.54. The number of benzene rings is 1. The van der Waals surface area contributed by atoms with Crippen molar-refractivity contribution in [3.8, 4) is 11.5 Å². The lowest BCUT2D eigenvalue weighted by molar-refractivity contribution is -0.106. The SMILES string of the molecule is CC1(C)CN(c2ncncc2Oc2ccc(F)cc2)C1.CC=O.CCN(C)C(C)C. The molecule has 1 aromatic carbocycles. The molecule has 2 heterocycles. The first-order valence-corrected chi connectivity index (χ1v) is 10.2. The molecule has 0 amide bonds. The van der Waals surface area contributed by atoms with Crippen molar-refractivity contribution in [3.63, 3.8) is 0 Å². The third-order valence-corrected chi connectivity index (χ3v) is 4.62. The number of nitrogens with zero attached hydrogens (tertiary/aromatic N) is 4. The smallest absolute Gasteiger partial charge is 0.188 e. The van der Waals surface area contributed by atoms with Gasteiger partial charge in [0.2, 0.25) is 0 Å². The number of aldehydes is 1. The molecule has 0 aliphatic carbocycles. The fraction of sp³-hybridized carbons (Fsp3) is 0.522. The molecule has 2 aromatic rings. The van der Waals surface area contributed by atoms with E-state index < -0.39 is 0 Å². The van der Waals surface area contributed by atoms with E-state index in [1.54, 1.807) is 18.3 Å². The fourth-order valence-electron chi connectivity index (χ4n) is 2.75. The van der Waals surface area contributed by atoms with Crippen LogP contribution in [0.1, 0.15) is 41.5 Å². The maximum Gasteiger partial charge on any atom is 0.188 e. The molecule has 6 nitrogen and oxygen atoms in total. The van der Waals surface area contributed by atoms with Gasteiger partial charge in [-0.2, -0.15) is 0 Å². The van der Waals surface area contributed by atoms with Gasteiger partial charge in [0.25, 0.3) is 0 Å². The number of hydrogen-bond donors (Lipinski definition) is 0. The van der Waals surface area contributed by atoms with E-state index in [1.807, 2.05) is 0 Å². The average molecular weight is 419 g/mol. The maximum absolute atomic E-state index is 12.9. The second-order valence-corrected chi connectivity index (χ2v) is 8.19. The maximum atomic E-state index is 12.9. The van der Waals surface area contributed by atoms with E-state index in [0.717, 1.165) is 31.7 Å². The normalized spacial score (nSPS) is 14.1. The molecule has 1 fully saturated rings. The molecule has 0 unspecified atom stereocenters. The minimum atomic E-state index is -0.286. The Morgan fingerprint density at radius 2 is 1.83 bits per heavy atom. The topological polar surface area (TPSA) is 58.6 Å². The monoisotopic (exact) mass is 418 g/mol. The molecule has 1 aliphatic heterocycles. The van der Waals surface area contributed by atoms with Crippen LogP contribution in [0.15, 0.2) is 36.8 Å². The first kappa shape index (κ1) is 25.5. The summed E-state index contributed by atoms with van der Waals surface area (Å²) in [6.45, 7) is 15.5. The van der Waals surface area contributed by atoms with Gasteiger partial charge < -0.3 is 19.3 Å². The summed E-state index contributed by atoms with van der Waals surface area (Å²) in [5.41, 5.74) is 0.304. The van der Waals surface area contributed by atoms with Crippen LogP contribution < -0.4 is 9.64 Å². The van der Waals surface area contributed by atoms with Crippen molar-refractivity contribution in [1.29, 1.82) is 0 Å². The van der Waals surface area contributed by atoms with E-state index in [1.165, 1.54) is 25.4 Å². The highest BCUT2D eigenvalue weighted by Gasteiger charge is 2.36. The lowest BCUT2D eigenvalue weighted by Gasteiger charge is -2.46. The minimum absolute atomic E-state index is 0.286. The summed E-state index contributed by atoms with van der Waals surface area (Å²) in [5, 5.41) is 0. The largest absolute Gasteiger partial charge is 0.452 e. The first-order valence-electron chi connectivity index (χ1n) is 10.2. The molecule has 1 aliphatic rings. The van der Waals surface area contributed by atoms with Gasteiger partial charge >= 0.3 is 0 Å². The van der Waals surface area contributed by atoms with Crippen LogP contribution in [-0.2, 0) is 4.79 Å². The Morgan fingerprint density at radius 1 is 1.27 bits per heavy atom. The molecular weight excluding hydrogens is 383 g/mol. The number of aromatic nitrogens is 2. The van der Waals surface area contributed by atoms with Crippen LogP contribution in [0.2, 0.25) is 0 Å². The standard InChI is InChI=1S/C15H16FN3O.C6H15N.C2H4O/c1-15(2)8-19(9-15)14-13(7-17-10-18-14)20-12-5-3-11(16)4-6-12;1-5-7(4)6(2)3;1-2-3/h3-7,10H,8-9H2,1-2H3;6H,5H2,1-4H3;2H,1H3. The van der Waals surface area contributed by atoms with Crippen molar-refractivity contribution in [1.82, 2.24) is 14.9 Å². The van der Waals surface area contributed by atoms with Crippen LogP contribution in [-0.4, -0.2) is 53.9 Å². The quantitative estimate of drug-likeness (QED) is 0.650. The fourth-order valence-corrected chi connectivity index (χ4v) is 2.75. The minimum Gasteiger partial charge on any atom is -0.452 e. The van der Waals surface area contributed by atoms with Gasteiger partial charge in [-0.1, -0.05) is 20.8 Å². The van der Waals surface area contributed by atoms with Crippen molar-refractivity contribution in [2.75, 3.05) is 31.6 Å². The van der Waals surface area contributed by atoms with Gasteiger partial charge in [-0.15, -0.1) is 0 Å². The molecule has 1 aromatic heterocycles. The lowest BCUT2D eigenvalue weighted by atomic mass is 9.84. The zero-order valence-electron chi connectivity index (χ0n) is 19.2. The zero-order chi connectivity index (χ0) is 22.7. The van der Waals surface area contributed by atoms with E-state index in [2.05, 4.69) is 61.4 Å². The van der Waals surface area contributed by atoms with Crippen LogP contribution in [0.5, 0.6) is 11.5 Å². The van der Waals surface area contributed by atoms with Gasteiger partial charge in [0.1, 0.15) is 24.2 Å². The van der Waals surface area contributed by atoms with E-state index in [0.29, 0.717) is 23.0 Å². The van der Waals surface area contributed by atoms with E-state index in [-0.39, 0.29) is 5.82 Å². The summed E-state index contributed by atoms with van der Waals surface area (Å²) in [4.78, 5) is 21.5. The van der Waals surface area contributed by atoms with E-state index >= 15 is 0 Å². The Morgan fingerprint density at radius 3 is 2.27 bits per heavy atom. The summed E-state index contributed by atoms with van der Waals surface area (Å²) >= 11 is 0. The highest BCUT2D eigenvalue weighted by atomic mass is 19.1. The molecule has 0 atom stereocenters. The van der Waals surface area contributed by atoms with Crippen molar-refractivity contribution in [3.05, 3.63) is 42.6 Å². The van der Waals surface area contributed by atoms with Gasteiger partial charge in [0, 0.05) is 19.1 Å². The average Bonchev–Trinajstić information content (AvgIpc) is 2.68. The Balaban J connectivity index is 0.000000380. The summed E-state index contributed by atoms with van der Waals surface area (Å²) in [7, 11) is 2.13. The number of ether oxygens (including phenoxy) is 1. The van der Waals surface area contributed by atoms with Crippen molar-refractivity contribution < 1.29 is 13.9 Å². The van der Waals surface area contributed by atoms with Crippen molar-refractivity contribution in [2.24, 2.45) is 5.41 Å². The number of hydrogen-bond acceptors (Lipinski definition) is 6. The van der Waals surface area contributed by atoms with Gasteiger partial charge in [0.05, 0.1) is 6.20 Å². The molecule has 0 radical (unpaired) electrons. The third kappa shape index (κ3) is 8.45. The van der Waals surface area contributed by atoms with Gasteiger partial charge in [-0.05, 0) is 64.0 Å². The number of anilines is 1. The van der Waals surface area contributed by atoms with Crippen LogP contribution in [0.3, 0.4) is 0 Å². The zero-order valence-corrected chi connectivity index (χ0v) is 19.2. The molecule has 0 spiro atoms. The molecule has 0 N–H and O–H groups in total. The Kier molecular flexibility index (Phi) is 10.4. The molecule has 1 saturated heterocycles. The highest BCUT2D eigenvalue weighted by Crippen LogP contribution is 2.37. The van der Waals surface area contributed by atoms with Crippen molar-refractivity contribution >= 4 is 12.1 Å². The first-order chi connectivity index (χ1) is 14.1. The van der Waals surface area contributed by atoms with E-state index in [4.69, 9.17) is 9.53 Å². The van der Waals surface area contributed by atoms with E-state index in [9.17, 15) is 4.39 Å². The van der Waals surface area contributed by atoms with Gasteiger partial charge in [-0.3, -0.25) is 0 Å². The number of halogens is 1. The molecule has 0 bridgehead atoms. The molecule has 166 valence electrons. The van der Waals surface area contributed by atoms with Crippen LogP contribution >= 0.6 is 0 Å². The summed E-state index contributed by atoms with van der Waals surface area (Å²) in [6, 6.07) is 6.61. The molecule has 7 heteroatoms. The van der Waals surface area contributed by atoms with Crippen molar-refractivity contribution in [2.45, 2.75) is 47.6 Å². The molecule has 30 heavy (non-hydrogen) atoms. The Bertz CT molecular complexity index is 758. The van der Waals surface area contributed by atoms with Crippen LogP contribution in [0.25, 0.3) is 0 Å². The predicted molar refractivity (Wildman–Crippen MR) is 120 cm³/mol. The van der Waals surface area contributed by atoms with Gasteiger partial charge in [-0.25, -0.2) is 14.4 Å². The molecular formula is C23H35FN4O2. The van der Waals surface area contributed by atoms with Crippen LogP contribution in [0, 0.1) is 11.2 Å². The van der Waals surface area contributed by atoms with Crippen LogP contribution in [0.4, 0.5) is 10.2 Å². The molecule has 3 rings (SSSR count). The number of rotatable bonds is 5. The number of carbonyl (C=O) groups excluding carboxylic acids is 1. The lowest BCUT2D eigenvalue weighted by Crippen LogP contribution is -2.53. The highest BCUT2D eigenvalue weighted by molar-refractivity contribution is 5.54. The second kappa shape index (κ2) is 12.2. The second-order valence-electron chi connectivity index (χ2n) is 8.19. The predicted octanol–water partition coefficient (Wildman–Crippen LogP) is 4.81. The summed E-state index contributed by atoms with van der Waals surface area (Å²) in [5.74, 6) is 1.66. The summed E-state index contributed by atoms with van der Waals surface area (Å²) < 4.78 is 18.6. The Labute approximate surface area is 180 Å². The van der Waals surface area contributed by atoms with Gasteiger partial charge in [0.15, 0.2) is 11.6 Å². The summed E-state index contributed by atoms with van der Waals surface area (Å²) in [6.07, 6.45) is 3.90. The number of carbonyl (C=O) groups is 1.